The van der Waals surface area contributed by atoms with Gasteiger partial charge >= 0.3 is 0 Å². The molecular formula is C11H15ClN2. The van der Waals surface area contributed by atoms with Crippen molar-refractivity contribution in [2.24, 2.45) is 0 Å². The number of hydrogen-bond donors (Lipinski definition) is 2. The molecule has 0 fully saturated rings. The molecule has 76 valence electrons. The summed E-state index contributed by atoms with van der Waals surface area (Å²) in [7, 11) is 0. The Balaban J connectivity index is 2.16. The monoisotopic (exact) mass is 210 g/mol. The first-order valence-electron chi connectivity index (χ1n) is 5.09. The number of fused-ring (bicyclic) bond motifs is 1. The standard InChI is InChI=1S/C11H15ClN2/c1-2-3-9-7-13-10-5-4-8(12)6-11(10)14-9/h4-6,9,13-14H,2-3,7H2,1H3. The van der Waals surface area contributed by atoms with Crippen LogP contribution in [-0.4, -0.2) is 12.6 Å². The van der Waals surface area contributed by atoms with Crippen LogP contribution >= 0.6 is 11.6 Å². The van der Waals surface area contributed by atoms with Crippen molar-refractivity contribution in [3.05, 3.63) is 23.2 Å². The van der Waals surface area contributed by atoms with Gasteiger partial charge in [-0.15, -0.1) is 0 Å². The normalized spacial score (nSPS) is 19.4. The fraction of sp³-hybridized carbons (Fsp3) is 0.455. The maximum Gasteiger partial charge on any atom is 0.0593 e. The van der Waals surface area contributed by atoms with Crippen LogP contribution in [0.15, 0.2) is 18.2 Å². The van der Waals surface area contributed by atoms with Crippen LogP contribution in [-0.2, 0) is 0 Å². The second-order valence-corrected chi connectivity index (χ2v) is 4.14. The van der Waals surface area contributed by atoms with Gasteiger partial charge in [0.1, 0.15) is 0 Å². The fourth-order valence-electron chi connectivity index (χ4n) is 1.82. The summed E-state index contributed by atoms with van der Waals surface area (Å²) < 4.78 is 0. The molecule has 2 rings (SSSR count). The van der Waals surface area contributed by atoms with Crippen molar-refractivity contribution in [1.29, 1.82) is 0 Å². The Bertz CT molecular complexity index is 325. The first kappa shape index (κ1) is 9.66. The van der Waals surface area contributed by atoms with Crippen molar-refractivity contribution in [3.63, 3.8) is 0 Å². The molecule has 1 aromatic rings. The number of rotatable bonds is 2. The molecule has 1 aromatic carbocycles. The van der Waals surface area contributed by atoms with Crippen molar-refractivity contribution in [3.8, 4) is 0 Å². The SMILES string of the molecule is CCCC1CNc2ccc(Cl)cc2N1. The third-order valence-electron chi connectivity index (χ3n) is 2.52. The molecule has 0 aromatic heterocycles. The second-order valence-electron chi connectivity index (χ2n) is 3.70. The fourth-order valence-corrected chi connectivity index (χ4v) is 1.99. The summed E-state index contributed by atoms with van der Waals surface area (Å²) in [5.74, 6) is 0. The van der Waals surface area contributed by atoms with Crippen LogP contribution in [0, 0.1) is 0 Å². The number of hydrogen-bond acceptors (Lipinski definition) is 2. The summed E-state index contributed by atoms with van der Waals surface area (Å²) in [6, 6.07) is 6.44. The van der Waals surface area contributed by atoms with Crippen LogP contribution < -0.4 is 10.6 Å². The van der Waals surface area contributed by atoms with E-state index in [0.29, 0.717) is 6.04 Å². The summed E-state index contributed by atoms with van der Waals surface area (Å²) in [5, 5.41) is 7.68. The quantitative estimate of drug-likeness (QED) is 0.783. The molecule has 14 heavy (non-hydrogen) atoms. The zero-order valence-corrected chi connectivity index (χ0v) is 9.06. The van der Waals surface area contributed by atoms with Gasteiger partial charge in [0.15, 0.2) is 0 Å². The second kappa shape index (κ2) is 4.09. The largest absolute Gasteiger partial charge is 0.381 e. The van der Waals surface area contributed by atoms with E-state index in [4.69, 9.17) is 11.6 Å². The van der Waals surface area contributed by atoms with Gasteiger partial charge in [-0.1, -0.05) is 24.9 Å². The van der Waals surface area contributed by atoms with Crippen LogP contribution in [0.4, 0.5) is 11.4 Å². The lowest BCUT2D eigenvalue weighted by atomic mass is 10.1. The molecule has 0 aliphatic carbocycles. The van der Waals surface area contributed by atoms with E-state index < -0.39 is 0 Å². The van der Waals surface area contributed by atoms with E-state index in [1.807, 2.05) is 18.2 Å². The smallest absolute Gasteiger partial charge is 0.0593 e. The van der Waals surface area contributed by atoms with Crippen LogP contribution in [0.2, 0.25) is 5.02 Å². The van der Waals surface area contributed by atoms with E-state index in [-0.39, 0.29) is 0 Å². The summed E-state index contributed by atoms with van der Waals surface area (Å²) in [4.78, 5) is 0. The molecule has 1 aliphatic rings. The average Bonchev–Trinajstić information content (AvgIpc) is 2.17. The van der Waals surface area contributed by atoms with E-state index in [1.165, 1.54) is 12.8 Å². The molecule has 0 saturated heterocycles. The minimum absolute atomic E-state index is 0.533. The molecule has 1 atom stereocenters. The molecule has 1 unspecified atom stereocenters. The predicted octanol–water partition coefficient (Wildman–Crippen LogP) is 3.35. The van der Waals surface area contributed by atoms with Gasteiger partial charge in [-0.25, -0.2) is 0 Å². The zero-order chi connectivity index (χ0) is 9.97. The topological polar surface area (TPSA) is 24.1 Å². The Morgan fingerprint density at radius 2 is 2.29 bits per heavy atom. The highest BCUT2D eigenvalue weighted by molar-refractivity contribution is 6.31. The van der Waals surface area contributed by atoms with E-state index in [2.05, 4.69) is 17.6 Å². The molecular weight excluding hydrogens is 196 g/mol. The summed E-state index contributed by atoms with van der Waals surface area (Å²) in [5.41, 5.74) is 2.28. The number of halogens is 1. The van der Waals surface area contributed by atoms with Crippen LogP contribution in [0.5, 0.6) is 0 Å². The highest BCUT2D eigenvalue weighted by atomic mass is 35.5. The summed E-state index contributed by atoms with van der Waals surface area (Å²) in [6.07, 6.45) is 2.40. The van der Waals surface area contributed by atoms with Crippen molar-refractivity contribution in [1.82, 2.24) is 0 Å². The van der Waals surface area contributed by atoms with Crippen LogP contribution in [0.25, 0.3) is 0 Å². The predicted molar refractivity (Wildman–Crippen MR) is 62.3 cm³/mol. The Morgan fingerprint density at radius 1 is 1.43 bits per heavy atom. The Morgan fingerprint density at radius 3 is 3.07 bits per heavy atom. The van der Waals surface area contributed by atoms with Crippen molar-refractivity contribution < 1.29 is 0 Å². The third-order valence-corrected chi connectivity index (χ3v) is 2.75. The van der Waals surface area contributed by atoms with Gasteiger partial charge < -0.3 is 10.6 Å². The lowest BCUT2D eigenvalue weighted by Gasteiger charge is -2.28. The van der Waals surface area contributed by atoms with Gasteiger partial charge in [-0.05, 0) is 24.6 Å². The van der Waals surface area contributed by atoms with E-state index >= 15 is 0 Å². The number of nitrogens with one attached hydrogen (secondary N) is 2. The van der Waals surface area contributed by atoms with Gasteiger partial charge in [0, 0.05) is 17.6 Å². The number of anilines is 2. The van der Waals surface area contributed by atoms with Gasteiger partial charge in [0.25, 0.3) is 0 Å². The molecule has 2 nitrogen and oxygen atoms in total. The summed E-state index contributed by atoms with van der Waals surface area (Å²) >= 11 is 5.93. The molecule has 0 amide bonds. The van der Waals surface area contributed by atoms with E-state index in [1.54, 1.807) is 0 Å². The average molecular weight is 211 g/mol. The Labute approximate surface area is 89.7 Å². The van der Waals surface area contributed by atoms with Gasteiger partial charge in [-0.2, -0.15) is 0 Å². The van der Waals surface area contributed by atoms with Crippen LogP contribution in [0.3, 0.4) is 0 Å². The minimum Gasteiger partial charge on any atom is -0.381 e. The number of benzene rings is 1. The molecule has 3 heteroatoms. The van der Waals surface area contributed by atoms with Gasteiger partial charge in [0.05, 0.1) is 11.4 Å². The Kier molecular flexibility index (Phi) is 2.82. The molecule has 1 aliphatic heterocycles. The van der Waals surface area contributed by atoms with Crippen LogP contribution in [0.1, 0.15) is 19.8 Å². The van der Waals surface area contributed by atoms with Gasteiger partial charge in [-0.3, -0.25) is 0 Å². The highest BCUT2D eigenvalue weighted by Gasteiger charge is 2.15. The van der Waals surface area contributed by atoms with E-state index in [0.717, 1.165) is 22.9 Å². The zero-order valence-electron chi connectivity index (χ0n) is 8.31. The van der Waals surface area contributed by atoms with E-state index in [9.17, 15) is 0 Å². The molecule has 1 heterocycles. The highest BCUT2D eigenvalue weighted by Crippen LogP contribution is 2.29. The molecule has 0 spiro atoms. The lowest BCUT2D eigenvalue weighted by molar-refractivity contribution is 0.655. The molecule has 2 N–H and O–H groups in total. The third kappa shape index (κ3) is 1.95. The first-order chi connectivity index (χ1) is 6.79. The molecule has 0 saturated carbocycles. The lowest BCUT2D eigenvalue weighted by Crippen LogP contribution is -2.32. The molecule has 0 bridgehead atoms. The Hall–Kier alpha value is -0.890. The van der Waals surface area contributed by atoms with Gasteiger partial charge in [0.2, 0.25) is 0 Å². The van der Waals surface area contributed by atoms with Crippen molar-refractivity contribution in [2.75, 3.05) is 17.2 Å². The minimum atomic E-state index is 0.533. The van der Waals surface area contributed by atoms with Crippen molar-refractivity contribution in [2.45, 2.75) is 25.8 Å². The maximum absolute atomic E-state index is 5.93. The maximum atomic E-state index is 5.93. The summed E-state index contributed by atoms with van der Waals surface area (Å²) in [6.45, 7) is 3.21. The van der Waals surface area contributed by atoms with Crippen molar-refractivity contribution >= 4 is 23.0 Å². The first-order valence-corrected chi connectivity index (χ1v) is 5.47. The molecule has 0 radical (unpaired) electrons.